The predicted molar refractivity (Wildman–Crippen MR) is 95.7 cm³/mol. The van der Waals surface area contributed by atoms with Crippen LogP contribution < -0.4 is 10.1 Å². The number of halogens is 3. The van der Waals surface area contributed by atoms with Gasteiger partial charge in [0.25, 0.3) is 0 Å². The van der Waals surface area contributed by atoms with Crippen LogP contribution >= 0.6 is 0 Å². The highest BCUT2D eigenvalue weighted by Crippen LogP contribution is 2.30. The molecule has 2 aromatic carbocycles. The van der Waals surface area contributed by atoms with Gasteiger partial charge >= 0.3 is 12.1 Å². The van der Waals surface area contributed by atoms with Gasteiger partial charge in [-0.2, -0.15) is 13.2 Å². The summed E-state index contributed by atoms with van der Waals surface area (Å²) in [5.74, 6) is -1.54. The molecule has 0 spiro atoms. The van der Waals surface area contributed by atoms with Crippen LogP contribution in [-0.4, -0.2) is 23.6 Å². The first kappa shape index (κ1) is 21.3. The van der Waals surface area contributed by atoms with E-state index in [0.29, 0.717) is 16.9 Å². The largest absolute Gasteiger partial charge is 0.482 e. The van der Waals surface area contributed by atoms with Crippen molar-refractivity contribution in [3.63, 3.8) is 0 Å². The van der Waals surface area contributed by atoms with Gasteiger partial charge in [-0.1, -0.05) is 37.3 Å². The Morgan fingerprint density at radius 1 is 1.11 bits per heavy atom. The number of aliphatic carboxylic acids is 1. The van der Waals surface area contributed by atoms with Crippen LogP contribution in [0.4, 0.5) is 13.2 Å². The lowest BCUT2D eigenvalue weighted by Gasteiger charge is -2.14. The molecule has 0 saturated heterocycles. The number of carbonyl (C=O) groups excluding carboxylic acids is 1. The van der Waals surface area contributed by atoms with E-state index in [-0.39, 0.29) is 18.9 Å². The summed E-state index contributed by atoms with van der Waals surface area (Å²) < 4.78 is 43.4. The van der Waals surface area contributed by atoms with Crippen molar-refractivity contribution in [1.29, 1.82) is 0 Å². The van der Waals surface area contributed by atoms with Crippen molar-refractivity contribution < 1.29 is 32.6 Å². The molecular weight excluding hydrogens is 375 g/mol. The van der Waals surface area contributed by atoms with Crippen molar-refractivity contribution in [2.45, 2.75) is 26.1 Å². The van der Waals surface area contributed by atoms with Gasteiger partial charge < -0.3 is 15.2 Å². The summed E-state index contributed by atoms with van der Waals surface area (Å²) in [6.07, 6.45) is -4.24. The molecule has 2 rings (SSSR count). The van der Waals surface area contributed by atoms with Crippen LogP contribution in [-0.2, 0) is 28.7 Å². The monoisotopic (exact) mass is 395 g/mol. The molecule has 5 nitrogen and oxygen atoms in total. The third-order valence-electron chi connectivity index (χ3n) is 3.97. The Kier molecular flexibility index (Phi) is 7.03. The summed E-state index contributed by atoms with van der Waals surface area (Å²) in [6.45, 7) is 1.36. The second-order valence-electron chi connectivity index (χ2n) is 6.35. The van der Waals surface area contributed by atoms with Crippen LogP contribution in [0.25, 0.3) is 0 Å². The molecule has 0 aliphatic carbocycles. The minimum Gasteiger partial charge on any atom is -0.482 e. The predicted octanol–water partition coefficient (Wildman–Crippen LogP) is 3.66. The molecule has 0 aromatic heterocycles. The number of alkyl halides is 3. The highest BCUT2D eigenvalue weighted by atomic mass is 19.4. The van der Waals surface area contributed by atoms with Crippen molar-refractivity contribution in [3.05, 3.63) is 65.2 Å². The number of hydrogen-bond donors (Lipinski definition) is 2. The van der Waals surface area contributed by atoms with E-state index in [1.165, 1.54) is 6.07 Å². The van der Waals surface area contributed by atoms with Crippen LogP contribution in [0, 0.1) is 5.92 Å². The highest BCUT2D eigenvalue weighted by Gasteiger charge is 2.30. The third-order valence-corrected chi connectivity index (χ3v) is 3.97. The van der Waals surface area contributed by atoms with Crippen molar-refractivity contribution in [2.24, 2.45) is 5.92 Å². The lowest BCUT2D eigenvalue weighted by molar-refractivity contribution is -0.139. The normalized spacial score (nSPS) is 12.3. The summed E-state index contributed by atoms with van der Waals surface area (Å²) in [5, 5.41) is 11.3. The molecule has 0 heterocycles. The maximum atomic E-state index is 12.8. The first-order chi connectivity index (χ1) is 13.1. The van der Waals surface area contributed by atoms with Gasteiger partial charge in [-0.15, -0.1) is 0 Å². The zero-order valence-corrected chi connectivity index (χ0v) is 15.1. The van der Waals surface area contributed by atoms with E-state index in [0.717, 1.165) is 12.1 Å². The van der Waals surface area contributed by atoms with E-state index in [2.05, 4.69) is 5.32 Å². The van der Waals surface area contributed by atoms with Crippen LogP contribution in [0.15, 0.2) is 48.5 Å². The van der Waals surface area contributed by atoms with Gasteiger partial charge in [-0.25, -0.2) is 4.79 Å². The van der Waals surface area contributed by atoms with Gasteiger partial charge in [0, 0.05) is 12.5 Å². The SMILES string of the molecule is CC(Cc1cccc(C(F)(F)F)c1)C(=O)NCc1cccc(OCC(=O)O)c1. The van der Waals surface area contributed by atoms with E-state index >= 15 is 0 Å². The molecule has 150 valence electrons. The van der Waals surface area contributed by atoms with Gasteiger partial charge in [0.15, 0.2) is 6.61 Å². The number of carboxylic acid groups (broad SMARTS) is 1. The van der Waals surface area contributed by atoms with Gasteiger partial charge in [-0.05, 0) is 35.7 Å². The fourth-order valence-corrected chi connectivity index (χ4v) is 2.57. The molecule has 1 unspecified atom stereocenters. The molecule has 28 heavy (non-hydrogen) atoms. The maximum absolute atomic E-state index is 12.8. The minimum absolute atomic E-state index is 0.178. The maximum Gasteiger partial charge on any atom is 0.416 e. The Morgan fingerprint density at radius 3 is 2.46 bits per heavy atom. The summed E-state index contributed by atoms with van der Waals surface area (Å²) >= 11 is 0. The lowest BCUT2D eigenvalue weighted by Crippen LogP contribution is -2.29. The van der Waals surface area contributed by atoms with Crippen LogP contribution in [0.1, 0.15) is 23.6 Å². The van der Waals surface area contributed by atoms with Crippen molar-refractivity contribution in [3.8, 4) is 5.75 Å². The smallest absolute Gasteiger partial charge is 0.416 e. The van der Waals surface area contributed by atoms with Crippen molar-refractivity contribution in [2.75, 3.05) is 6.61 Å². The van der Waals surface area contributed by atoms with Gasteiger partial charge in [0.1, 0.15) is 5.75 Å². The fourth-order valence-electron chi connectivity index (χ4n) is 2.57. The number of carbonyl (C=O) groups is 2. The van der Waals surface area contributed by atoms with E-state index < -0.39 is 30.2 Å². The van der Waals surface area contributed by atoms with E-state index in [9.17, 15) is 22.8 Å². The van der Waals surface area contributed by atoms with Gasteiger partial charge in [0.05, 0.1) is 5.56 Å². The summed E-state index contributed by atoms with van der Waals surface area (Å²) in [4.78, 5) is 22.8. The first-order valence-corrected chi connectivity index (χ1v) is 8.52. The molecule has 0 fully saturated rings. The van der Waals surface area contributed by atoms with Crippen LogP contribution in [0.3, 0.4) is 0 Å². The Bertz CT molecular complexity index is 836. The minimum atomic E-state index is -4.42. The third kappa shape index (κ3) is 6.61. The summed E-state index contributed by atoms with van der Waals surface area (Å²) in [5.41, 5.74) is 0.403. The number of ether oxygens (including phenoxy) is 1. The molecule has 2 N–H and O–H groups in total. The van der Waals surface area contributed by atoms with Crippen LogP contribution in [0.5, 0.6) is 5.75 Å². The number of amides is 1. The zero-order chi connectivity index (χ0) is 20.7. The second-order valence-corrected chi connectivity index (χ2v) is 6.35. The Balaban J connectivity index is 1.91. The summed E-state index contributed by atoms with van der Waals surface area (Å²) in [6, 6.07) is 11.6. The molecule has 0 aliphatic rings. The van der Waals surface area contributed by atoms with Crippen LogP contribution in [0.2, 0.25) is 0 Å². The topological polar surface area (TPSA) is 75.6 Å². The number of carboxylic acids is 1. The van der Waals surface area contributed by atoms with Gasteiger partial charge in [-0.3, -0.25) is 4.79 Å². The fraction of sp³-hybridized carbons (Fsp3) is 0.300. The number of nitrogens with one attached hydrogen (secondary N) is 1. The molecule has 1 atom stereocenters. The molecule has 1 amide bonds. The molecular formula is C20H20F3NO4. The average Bonchev–Trinajstić information content (AvgIpc) is 2.64. The number of benzene rings is 2. The molecule has 0 saturated carbocycles. The first-order valence-electron chi connectivity index (χ1n) is 8.52. The Labute approximate surface area is 160 Å². The molecule has 0 aliphatic heterocycles. The lowest BCUT2D eigenvalue weighted by atomic mass is 9.98. The van der Waals surface area contributed by atoms with E-state index in [4.69, 9.17) is 9.84 Å². The quantitative estimate of drug-likeness (QED) is 0.715. The molecule has 8 heteroatoms. The number of rotatable bonds is 8. The van der Waals surface area contributed by atoms with Gasteiger partial charge in [0.2, 0.25) is 5.91 Å². The average molecular weight is 395 g/mol. The van der Waals surface area contributed by atoms with Crippen molar-refractivity contribution >= 4 is 11.9 Å². The van der Waals surface area contributed by atoms with E-state index in [1.54, 1.807) is 37.3 Å². The summed E-state index contributed by atoms with van der Waals surface area (Å²) in [7, 11) is 0. The standard InChI is InChI=1S/C20H20F3NO4/c1-13(8-14-4-2-6-16(9-14)20(21,22)23)19(27)24-11-15-5-3-7-17(10-15)28-12-18(25)26/h2-7,9-10,13H,8,11-12H2,1H3,(H,24,27)(H,25,26). The highest BCUT2D eigenvalue weighted by molar-refractivity contribution is 5.78. The Morgan fingerprint density at radius 2 is 1.79 bits per heavy atom. The molecule has 0 radical (unpaired) electrons. The second kappa shape index (κ2) is 9.25. The Hall–Kier alpha value is -3.03. The molecule has 2 aromatic rings. The zero-order valence-electron chi connectivity index (χ0n) is 15.1. The van der Waals surface area contributed by atoms with E-state index in [1.807, 2.05) is 0 Å². The molecule has 0 bridgehead atoms. The number of hydrogen-bond acceptors (Lipinski definition) is 3. The van der Waals surface area contributed by atoms with Crippen molar-refractivity contribution in [1.82, 2.24) is 5.32 Å².